The maximum atomic E-state index is 12.6. The quantitative estimate of drug-likeness (QED) is 0.0443. The lowest BCUT2D eigenvalue weighted by Gasteiger charge is -2.18. The topological polar surface area (TPSA) is 63.6 Å². The zero-order chi connectivity index (χ0) is 31.5. The molecule has 0 heterocycles. The van der Waals surface area contributed by atoms with E-state index in [1.807, 2.05) is 0 Å². The Balaban J connectivity index is 4.07. The number of allylic oxidation sites excluding steroid dienone is 2. The molecule has 0 radical (unpaired) electrons. The lowest BCUT2D eigenvalue weighted by Crippen LogP contribution is -2.18. The van der Waals surface area contributed by atoms with Crippen LogP contribution in [0.1, 0.15) is 219 Å². The number of unbranched alkanes of at least 4 members (excludes halogenated alkanes) is 24. The Morgan fingerprint density at radius 3 is 1.33 bits per heavy atom. The van der Waals surface area contributed by atoms with E-state index in [0.717, 1.165) is 70.6 Å². The molecule has 254 valence electrons. The molecule has 0 fully saturated rings. The average Bonchev–Trinajstić information content (AvgIpc) is 2.99. The van der Waals surface area contributed by atoms with Crippen LogP contribution in [0.4, 0.5) is 0 Å². The number of carbonyl (C=O) groups is 2. The summed E-state index contributed by atoms with van der Waals surface area (Å²) in [5, 5.41) is 8.78. The largest absolute Gasteiger partial charge is 0.481 e. The SMILES string of the molecule is CCCC/C=C\CCCCCCCCC(=O)OC(CCCCCCCCCCCCCC)CCCCCCCCC(=O)O. The molecular weight excluding hydrogens is 532 g/mol. The number of rotatable bonds is 35. The molecule has 1 atom stereocenters. The summed E-state index contributed by atoms with van der Waals surface area (Å²) in [5.74, 6) is -0.682. The van der Waals surface area contributed by atoms with Crippen molar-refractivity contribution in [2.45, 2.75) is 225 Å². The highest BCUT2D eigenvalue weighted by atomic mass is 16.5. The molecule has 0 aromatic carbocycles. The molecule has 0 bridgehead atoms. The van der Waals surface area contributed by atoms with Crippen LogP contribution in [0.25, 0.3) is 0 Å². The minimum absolute atomic E-state index is 0.00910. The maximum absolute atomic E-state index is 12.6. The second-order valence-corrected chi connectivity index (χ2v) is 13.1. The van der Waals surface area contributed by atoms with Crippen molar-refractivity contribution < 1.29 is 19.4 Å². The molecule has 0 aromatic rings. The summed E-state index contributed by atoms with van der Waals surface area (Å²) >= 11 is 0. The standard InChI is InChI=1S/C39H74O4/c1-3-5-7-9-11-13-15-17-19-21-25-29-33-37(34-30-26-23-24-27-31-35-38(40)41)43-39(42)36-32-28-22-20-18-16-14-12-10-8-6-4-2/h10,12,37H,3-9,11,13-36H2,1-2H3,(H,40,41)/b12-10-. The Kier molecular flexibility index (Phi) is 34.1. The van der Waals surface area contributed by atoms with E-state index in [9.17, 15) is 9.59 Å². The van der Waals surface area contributed by atoms with Crippen LogP contribution >= 0.6 is 0 Å². The van der Waals surface area contributed by atoms with Crippen LogP contribution in [-0.2, 0) is 14.3 Å². The van der Waals surface area contributed by atoms with Gasteiger partial charge in [-0.2, -0.15) is 0 Å². The summed E-state index contributed by atoms with van der Waals surface area (Å²) < 4.78 is 6.01. The van der Waals surface area contributed by atoms with Gasteiger partial charge < -0.3 is 9.84 Å². The Labute approximate surface area is 268 Å². The number of carbonyl (C=O) groups excluding carboxylic acids is 1. The number of ether oxygens (including phenoxy) is 1. The zero-order valence-corrected chi connectivity index (χ0v) is 29.0. The third kappa shape index (κ3) is 35.0. The van der Waals surface area contributed by atoms with E-state index in [-0.39, 0.29) is 18.5 Å². The molecule has 4 heteroatoms. The Morgan fingerprint density at radius 1 is 0.488 bits per heavy atom. The van der Waals surface area contributed by atoms with Crippen LogP contribution in [0, 0.1) is 0 Å². The van der Waals surface area contributed by atoms with Gasteiger partial charge in [0, 0.05) is 12.8 Å². The van der Waals surface area contributed by atoms with Gasteiger partial charge in [-0.15, -0.1) is 0 Å². The number of carboxylic acid groups (broad SMARTS) is 1. The van der Waals surface area contributed by atoms with Gasteiger partial charge in [0.25, 0.3) is 0 Å². The van der Waals surface area contributed by atoms with Gasteiger partial charge >= 0.3 is 11.9 Å². The van der Waals surface area contributed by atoms with Gasteiger partial charge in [-0.1, -0.05) is 161 Å². The Morgan fingerprint density at radius 2 is 0.860 bits per heavy atom. The number of carboxylic acids is 1. The molecule has 0 amide bonds. The van der Waals surface area contributed by atoms with Crippen molar-refractivity contribution in [2.24, 2.45) is 0 Å². The molecule has 0 aliphatic heterocycles. The third-order valence-corrected chi connectivity index (χ3v) is 8.74. The highest BCUT2D eigenvalue weighted by molar-refractivity contribution is 5.69. The van der Waals surface area contributed by atoms with Crippen molar-refractivity contribution in [3.63, 3.8) is 0 Å². The van der Waals surface area contributed by atoms with Crippen molar-refractivity contribution in [1.82, 2.24) is 0 Å². The van der Waals surface area contributed by atoms with Crippen LogP contribution in [0.3, 0.4) is 0 Å². The molecule has 0 saturated heterocycles. The Bertz CT molecular complexity index is 614. The van der Waals surface area contributed by atoms with Crippen LogP contribution in [0.2, 0.25) is 0 Å². The molecule has 4 nitrogen and oxygen atoms in total. The van der Waals surface area contributed by atoms with Crippen molar-refractivity contribution in [3.8, 4) is 0 Å². The smallest absolute Gasteiger partial charge is 0.306 e. The van der Waals surface area contributed by atoms with Crippen LogP contribution in [0.5, 0.6) is 0 Å². The highest BCUT2D eigenvalue weighted by Gasteiger charge is 2.14. The molecule has 0 aliphatic carbocycles. The monoisotopic (exact) mass is 607 g/mol. The van der Waals surface area contributed by atoms with Gasteiger partial charge in [-0.05, 0) is 57.8 Å². The van der Waals surface area contributed by atoms with E-state index < -0.39 is 5.97 Å². The third-order valence-electron chi connectivity index (χ3n) is 8.74. The van der Waals surface area contributed by atoms with E-state index in [0.29, 0.717) is 6.42 Å². The highest BCUT2D eigenvalue weighted by Crippen LogP contribution is 2.19. The first-order chi connectivity index (χ1) is 21.1. The van der Waals surface area contributed by atoms with Crippen LogP contribution in [0.15, 0.2) is 12.2 Å². The molecule has 43 heavy (non-hydrogen) atoms. The molecular formula is C39H74O4. The number of aliphatic carboxylic acids is 1. The van der Waals surface area contributed by atoms with Crippen molar-refractivity contribution in [3.05, 3.63) is 12.2 Å². The molecule has 0 spiro atoms. The Hall–Kier alpha value is -1.32. The summed E-state index contributed by atoms with van der Waals surface area (Å²) in [6.45, 7) is 4.52. The lowest BCUT2D eigenvalue weighted by atomic mass is 10.0. The number of hydrogen-bond donors (Lipinski definition) is 1. The van der Waals surface area contributed by atoms with E-state index in [4.69, 9.17) is 9.84 Å². The van der Waals surface area contributed by atoms with Gasteiger partial charge in [-0.25, -0.2) is 0 Å². The van der Waals surface area contributed by atoms with E-state index >= 15 is 0 Å². The van der Waals surface area contributed by atoms with E-state index in [1.54, 1.807) is 0 Å². The summed E-state index contributed by atoms with van der Waals surface area (Å²) in [7, 11) is 0. The van der Waals surface area contributed by atoms with Crippen molar-refractivity contribution in [2.75, 3.05) is 0 Å². The molecule has 0 aliphatic rings. The first kappa shape index (κ1) is 41.7. The van der Waals surface area contributed by atoms with Crippen LogP contribution < -0.4 is 0 Å². The fourth-order valence-corrected chi connectivity index (χ4v) is 5.87. The molecule has 0 rings (SSSR count). The number of hydrogen-bond acceptors (Lipinski definition) is 3. The van der Waals surface area contributed by atoms with E-state index in [1.165, 1.54) is 122 Å². The molecule has 0 aromatic heterocycles. The molecule has 1 unspecified atom stereocenters. The van der Waals surface area contributed by atoms with Gasteiger partial charge in [-0.3, -0.25) is 9.59 Å². The zero-order valence-electron chi connectivity index (χ0n) is 29.0. The molecule has 1 N–H and O–H groups in total. The van der Waals surface area contributed by atoms with Crippen LogP contribution in [-0.4, -0.2) is 23.1 Å². The summed E-state index contributed by atoms with van der Waals surface area (Å²) in [4.78, 5) is 23.3. The molecule has 0 saturated carbocycles. The average molecular weight is 607 g/mol. The van der Waals surface area contributed by atoms with Crippen molar-refractivity contribution in [1.29, 1.82) is 0 Å². The summed E-state index contributed by atoms with van der Waals surface area (Å²) in [6.07, 6.45) is 42.2. The predicted molar refractivity (Wildman–Crippen MR) is 186 cm³/mol. The normalized spacial score (nSPS) is 12.2. The fourth-order valence-electron chi connectivity index (χ4n) is 5.87. The summed E-state index contributed by atoms with van der Waals surface area (Å²) in [5.41, 5.74) is 0. The summed E-state index contributed by atoms with van der Waals surface area (Å²) in [6, 6.07) is 0. The second kappa shape index (κ2) is 35.2. The van der Waals surface area contributed by atoms with Gasteiger partial charge in [0.1, 0.15) is 6.10 Å². The van der Waals surface area contributed by atoms with Gasteiger partial charge in [0.15, 0.2) is 0 Å². The number of esters is 1. The van der Waals surface area contributed by atoms with Gasteiger partial charge in [0.2, 0.25) is 0 Å². The second-order valence-electron chi connectivity index (χ2n) is 13.1. The first-order valence-electron chi connectivity index (χ1n) is 19.2. The fraction of sp³-hybridized carbons (Fsp3) is 0.897. The first-order valence-corrected chi connectivity index (χ1v) is 19.2. The minimum atomic E-state index is -0.691. The van der Waals surface area contributed by atoms with E-state index in [2.05, 4.69) is 26.0 Å². The lowest BCUT2D eigenvalue weighted by molar-refractivity contribution is -0.150. The predicted octanol–water partition coefficient (Wildman–Crippen LogP) is 13.1. The maximum Gasteiger partial charge on any atom is 0.306 e. The van der Waals surface area contributed by atoms with Gasteiger partial charge in [0.05, 0.1) is 0 Å². The van der Waals surface area contributed by atoms with Crippen molar-refractivity contribution >= 4 is 11.9 Å². The minimum Gasteiger partial charge on any atom is -0.481 e.